The van der Waals surface area contributed by atoms with Crippen LogP contribution in [-0.4, -0.2) is 37.8 Å². The molecule has 0 unspecified atom stereocenters. The fraction of sp³-hybridized carbons (Fsp3) is 0.182. The van der Waals surface area contributed by atoms with Gasteiger partial charge in [0.15, 0.2) is 11.5 Å². The molecule has 2 aromatic carbocycles. The van der Waals surface area contributed by atoms with E-state index in [9.17, 15) is 14.7 Å². The molecule has 0 aliphatic rings. The molecule has 1 aromatic heterocycles. The van der Waals surface area contributed by atoms with Crippen LogP contribution in [0.1, 0.15) is 27.0 Å². The number of aromatic carboxylic acids is 1. The first-order valence-corrected chi connectivity index (χ1v) is 9.92. The van der Waals surface area contributed by atoms with Crippen LogP contribution in [0.2, 0.25) is 0 Å². The lowest BCUT2D eigenvalue weighted by Gasteiger charge is -2.10. The van der Waals surface area contributed by atoms with Crippen LogP contribution in [-0.2, 0) is 0 Å². The van der Waals surface area contributed by atoms with Gasteiger partial charge in [0.05, 0.1) is 26.5 Å². The first kappa shape index (κ1) is 21.2. The Morgan fingerprint density at radius 3 is 2.30 bits per heavy atom. The largest absolute Gasteiger partial charge is 0.494 e. The van der Waals surface area contributed by atoms with Crippen LogP contribution in [0.5, 0.6) is 17.2 Å². The molecule has 0 atom stereocenters. The molecule has 0 aliphatic carbocycles. The fourth-order valence-electron chi connectivity index (χ4n) is 2.84. The SMILES string of the molecule is CCOc1ccc(-c2cc(NC(=O)c3ccc(OC)c(OC)c3)c(C(=O)O)s2)cc1. The van der Waals surface area contributed by atoms with Gasteiger partial charge in [-0.3, -0.25) is 4.79 Å². The van der Waals surface area contributed by atoms with Crippen molar-refractivity contribution in [3.63, 3.8) is 0 Å². The van der Waals surface area contributed by atoms with Gasteiger partial charge < -0.3 is 24.6 Å². The van der Waals surface area contributed by atoms with Gasteiger partial charge in [-0.25, -0.2) is 4.79 Å². The van der Waals surface area contributed by atoms with E-state index in [1.807, 2.05) is 31.2 Å². The van der Waals surface area contributed by atoms with Gasteiger partial charge in [-0.05, 0) is 61.0 Å². The molecule has 3 rings (SSSR count). The number of benzene rings is 2. The zero-order chi connectivity index (χ0) is 21.7. The van der Waals surface area contributed by atoms with Crippen LogP contribution >= 0.6 is 11.3 Å². The van der Waals surface area contributed by atoms with Gasteiger partial charge in [0.25, 0.3) is 5.91 Å². The van der Waals surface area contributed by atoms with Crippen LogP contribution < -0.4 is 19.5 Å². The van der Waals surface area contributed by atoms with E-state index in [-0.39, 0.29) is 10.6 Å². The van der Waals surface area contributed by atoms with E-state index in [2.05, 4.69) is 5.32 Å². The lowest BCUT2D eigenvalue weighted by atomic mass is 10.1. The van der Waals surface area contributed by atoms with Gasteiger partial charge in [0.2, 0.25) is 0 Å². The number of carbonyl (C=O) groups excluding carboxylic acids is 1. The van der Waals surface area contributed by atoms with Crippen molar-refractivity contribution in [2.75, 3.05) is 26.1 Å². The van der Waals surface area contributed by atoms with Gasteiger partial charge in [-0.1, -0.05) is 0 Å². The number of hydrogen-bond donors (Lipinski definition) is 2. The highest BCUT2D eigenvalue weighted by Crippen LogP contribution is 2.36. The van der Waals surface area contributed by atoms with Crippen LogP contribution in [0, 0.1) is 0 Å². The Labute approximate surface area is 177 Å². The van der Waals surface area contributed by atoms with Gasteiger partial charge in [0.1, 0.15) is 10.6 Å². The maximum atomic E-state index is 12.7. The molecule has 1 heterocycles. The van der Waals surface area contributed by atoms with Crippen molar-refractivity contribution in [2.45, 2.75) is 6.92 Å². The second-order valence-electron chi connectivity index (χ2n) is 6.14. The number of ether oxygens (including phenoxy) is 3. The molecule has 7 nitrogen and oxygen atoms in total. The van der Waals surface area contributed by atoms with Crippen molar-refractivity contribution >= 4 is 28.9 Å². The third-order valence-corrected chi connectivity index (χ3v) is 5.44. The van der Waals surface area contributed by atoms with Crippen molar-refractivity contribution in [1.29, 1.82) is 0 Å². The Morgan fingerprint density at radius 1 is 1.00 bits per heavy atom. The second-order valence-corrected chi connectivity index (χ2v) is 7.19. The summed E-state index contributed by atoms with van der Waals surface area (Å²) >= 11 is 1.09. The number of rotatable bonds is 8. The number of carboxylic acid groups (broad SMARTS) is 1. The summed E-state index contributed by atoms with van der Waals surface area (Å²) in [6.45, 7) is 2.47. The van der Waals surface area contributed by atoms with E-state index in [0.717, 1.165) is 27.5 Å². The number of anilines is 1. The molecule has 3 aromatic rings. The minimum Gasteiger partial charge on any atom is -0.494 e. The van der Waals surface area contributed by atoms with E-state index in [1.165, 1.54) is 20.3 Å². The molecule has 8 heteroatoms. The Morgan fingerprint density at radius 2 is 1.70 bits per heavy atom. The summed E-state index contributed by atoms with van der Waals surface area (Å²) in [5.74, 6) is 0.0742. The van der Waals surface area contributed by atoms with Crippen LogP contribution in [0.15, 0.2) is 48.5 Å². The van der Waals surface area contributed by atoms with Crippen LogP contribution in [0.3, 0.4) is 0 Å². The average Bonchev–Trinajstić information content (AvgIpc) is 3.18. The molecular formula is C22H21NO6S. The van der Waals surface area contributed by atoms with Gasteiger partial charge in [-0.15, -0.1) is 11.3 Å². The molecule has 0 saturated heterocycles. The minimum absolute atomic E-state index is 0.0488. The third-order valence-electron chi connectivity index (χ3n) is 4.27. The summed E-state index contributed by atoms with van der Waals surface area (Å²) in [6, 6.07) is 13.7. The molecule has 0 spiro atoms. The molecule has 0 radical (unpaired) electrons. The lowest BCUT2D eigenvalue weighted by Crippen LogP contribution is -2.13. The van der Waals surface area contributed by atoms with Crippen LogP contribution in [0.4, 0.5) is 5.69 Å². The van der Waals surface area contributed by atoms with E-state index >= 15 is 0 Å². The molecule has 0 aliphatic heterocycles. The molecule has 30 heavy (non-hydrogen) atoms. The van der Waals surface area contributed by atoms with Crippen molar-refractivity contribution in [1.82, 2.24) is 0 Å². The Bertz CT molecular complexity index is 1060. The van der Waals surface area contributed by atoms with E-state index in [4.69, 9.17) is 14.2 Å². The van der Waals surface area contributed by atoms with E-state index < -0.39 is 11.9 Å². The Balaban J connectivity index is 1.88. The second kappa shape index (κ2) is 9.32. The number of hydrogen-bond acceptors (Lipinski definition) is 6. The van der Waals surface area contributed by atoms with Gasteiger partial charge in [0, 0.05) is 10.4 Å². The van der Waals surface area contributed by atoms with Crippen molar-refractivity contribution < 1.29 is 28.9 Å². The summed E-state index contributed by atoms with van der Waals surface area (Å²) in [7, 11) is 2.98. The summed E-state index contributed by atoms with van der Waals surface area (Å²) < 4.78 is 15.8. The Kier molecular flexibility index (Phi) is 6.58. The highest BCUT2D eigenvalue weighted by atomic mass is 32.1. The number of amides is 1. The predicted molar refractivity (Wildman–Crippen MR) is 115 cm³/mol. The zero-order valence-corrected chi connectivity index (χ0v) is 17.5. The van der Waals surface area contributed by atoms with Crippen molar-refractivity contribution in [3.8, 4) is 27.7 Å². The maximum absolute atomic E-state index is 12.7. The molecule has 156 valence electrons. The molecule has 0 bridgehead atoms. The maximum Gasteiger partial charge on any atom is 0.348 e. The summed E-state index contributed by atoms with van der Waals surface area (Å²) in [5.41, 5.74) is 1.38. The zero-order valence-electron chi connectivity index (χ0n) is 16.7. The molecular weight excluding hydrogens is 406 g/mol. The third kappa shape index (κ3) is 4.55. The van der Waals surface area contributed by atoms with Crippen LogP contribution in [0.25, 0.3) is 10.4 Å². The number of carbonyl (C=O) groups is 2. The van der Waals surface area contributed by atoms with Crippen molar-refractivity contribution in [3.05, 3.63) is 59.0 Å². The van der Waals surface area contributed by atoms with Crippen molar-refractivity contribution in [2.24, 2.45) is 0 Å². The standard InChI is InChI=1S/C22H21NO6S/c1-4-29-15-8-5-13(6-9-15)19-12-16(20(30-19)22(25)26)23-21(24)14-7-10-17(27-2)18(11-14)28-3/h5-12H,4H2,1-3H3,(H,23,24)(H,25,26). The highest BCUT2D eigenvalue weighted by molar-refractivity contribution is 7.18. The average molecular weight is 427 g/mol. The predicted octanol–water partition coefficient (Wildman–Crippen LogP) is 4.78. The number of nitrogens with one attached hydrogen (secondary N) is 1. The van der Waals surface area contributed by atoms with Gasteiger partial charge >= 0.3 is 5.97 Å². The lowest BCUT2D eigenvalue weighted by molar-refractivity contribution is 0.0703. The van der Waals surface area contributed by atoms with E-state index in [1.54, 1.807) is 18.2 Å². The van der Waals surface area contributed by atoms with Gasteiger partial charge in [-0.2, -0.15) is 0 Å². The Hall–Kier alpha value is -3.52. The first-order chi connectivity index (χ1) is 14.5. The molecule has 1 amide bonds. The van der Waals surface area contributed by atoms with E-state index in [0.29, 0.717) is 23.7 Å². The minimum atomic E-state index is -1.11. The number of thiophene rings is 1. The fourth-order valence-corrected chi connectivity index (χ4v) is 3.80. The number of carboxylic acids is 1. The quantitative estimate of drug-likeness (QED) is 0.537. The summed E-state index contributed by atoms with van der Waals surface area (Å²) in [4.78, 5) is 25.2. The molecule has 0 fully saturated rings. The topological polar surface area (TPSA) is 94.1 Å². The number of methoxy groups -OCH3 is 2. The monoisotopic (exact) mass is 427 g/mol. The molecule has 2 N–H and O–H groups in total. The normalized spacial score (nSPS) is 10.4. The summed E-state index contributed by atoms with van der Waals surface area (Å²) in [6.07, 6.45) is 0. The summed E-state index contributed by atoms with van der Waals surface area (Å²) in [5, 5.41) is 12.3. The first-order valence-electron chi connectivity index (χ1n) is 9.10. The highest BCUT2D eigenvalue weighted by Gasteiger charge is 2.19. The molecule has 0 saturated carbocycles. The smallest absolute Gasteiger partial charge is 0.348 e.